The van der Waals surface area contributed by atoms with E-state index in [-0.39, 0.29) is 64.5 Å². The number of carboxylic acids is 1. The fraction of sp³-hybridized carbons (Fsp3) is 0.222. The number of carboxylic acid groups (broad SMARTS) is 1. The minimum absolute atomic E-state index is 0. The Bertz CT molecular complexity index is 3520. The van der Waals surface area contributed by atoms with Gasteiger partial charge in [-0.3, -0.25) is 0 Å². The number of hydrogen-bond acceptors (Lipinski definition) is 13. The maximum absolute atomic E-state index is 13.6. The second-order valence-electron chi connectivity index (χ2n) is 16.1. The van der Waals surface area contributed by atoms with Gasteiger partial charge in [0.05, 0.1) is 58.8 Å². The summed E-state index contributed by atoms with van der Waals surface area (Å²) in [6, 6.07) is 11.7. The number of methoxy groups -OCH3 is 1. The van der Waals surface area contributed by atoms with E-state index in [9.17, 15) is 35.9 Å². The van der Waals surface area contributed by atoms with Gasteiger partial charge in [-0.2, -0.15) is 15.3 Å². The molecule has 4 N–H and O–H groups in total. The Morgan fingerprint density at radius 2 is 0.873 bits per heavy atom. The predicted molar refractivity (Wildman–Crippen MR) is 236 cm³/mol. The Hall–Kier alpha value is -7.36. The van der Waals surface area contributed by atoms with E-state index >= 15 is 0 Å². The van der Waals surface area contributed by atoms with Crippen molar-refractivity contribution in [2.75, 3.05) is 7.11 Å². The van der Waals surface area contributed by atoms with Crippen molar-refractivity contribution in [3.8, 4) is 34.2 Å². The Morgan fingerprint density at radius 1 is 0.549 bits per heavy atom. The summed E-state index contributed by atoms with van der Waals surface area (Å²) in [4.78, 5) is 35.9. The first-order valence-corrected chi connectivity index (χ1v) is 21.2. The maximum atomic E-state index is 13.6. The summed E-state index contributed by atoms with van der Waals surface area (Å²) >= 11 is 5.86. The van der Waals surface area contributed by atoms with Crippen LogP contribution < -0.4 is 18.9 Å². The summed E-state index contributed by atoms with van der Waals surface area (Å²) in [6.07, 6.45) is 10.0. The van der Waals surface area contributed by atoms with Crippen LogP contribution in [0, 0.1) is 34.9 Å². The molecule has 0 radical (unpaired) electrons. The van der Waals surface area contributed by atoms with Gasteiger partial charge in [-0.1, -0.05) is 11.6 Å². The van der Waals surface area contributed by atoms with Crippen LogP contribution in [0.4, 0.5) is 26.3 Å². The molecule has 0 aliphatic heterocycles. The van der Waals surface area contributed by atoms with Crippen molar-refractivity contribution in [2.24, 2.45) is 0 Å². The van der Waals surface area contributed by atoms with E-state index in [1.54, 1.807) is 16.8 Å². The van der Waals surface area contributed by atoms with E-state index < -0.39 is 46.8 Å². The average Bonchev–Trinajstić information content (AvgIpc) is 4.27. The normalized spacial score (nSPS) is 13.8. The molecule has 0 unspecified atom stereocenters. The molecule has 3 aliphatic rings. The minimum Gasteiger partial charge on any atom is -0.870 e. The number of esters is 1. The van der Waals surface area contributed by atoms with Gasteiger partial charge in [0.15, 0.2) is 51.4 Å². The molecule has 9 aromatic rings. The number of fused-ring (bicyclic) bond motifs is 3. The number of aromatic nitrogens is 12. The van der Waals surface area contributed by atoms with Crippen molar-refractivity contribution in [1.82, 2.24) is 59.2 Å². The van der Waals surface area contributed by atoms with Crippen LogP contribution in [0.2, 0.25) is 5.15 Å². The molecule has 3 saturated carbocycles. The summed E-state index contributed by atoms with van der Waals surface area (Å²) < 4.78 is 91.3. The third-order valence-corrected chi connectivity index (χ3v) is 11.4. The number of halogens is 7. The van der Waals surface area contributed by atoms with E-state index in [4.69, 9.17) is 16.7 Å². The molecule has 360 valence electrons. The number of aromatic carboxylic acids is 1. The summed E-state index contributed by atoms with van der Waals surface area (Å²) in [5.41, 5.74) is 4.17. The maximum Gasteiger partial charge on any atom is 1.00 e. The number of nitrogens with zero attached hydrogens (tertiary/aromatic N) is 12. The van der Waals surface area contributed by atoms with Crippen molar-refractivity contribution < 1.29 is 75.6 Å². The SMILES string of the molecule is COC(=O)c1cc(-c2nc3cc(F)c(F)cc3n2C2CC2)cnn1.Fc1cc2nc(-c3cnnc(Cl)c3)n(C3CC3)c2cc1F.O.O=C(O)c1cc(-c2nc3cc(F)c(F)cc3n2C2CC2)cnn1.[Li+].[OH-]. The Balaban J connectivity index is 0.000000154. The Morgan fingerprint density at radius 3 is 1.21 bits per heavy atom. The van der Waals surface area contributed by atoms with E-state index in [0.717, 1.165) is 68.9 Å². The Kier molecular flexibility index (Phi) is 14.9. The van der Waals surface area contributed by atoms with Gasteiger partial charge < -0.3 is 34.5 Å². The summed E-state index contributed by atoms with van der Waals surface area (Å²) in [5.74, 6) is -5.83. The standard InChI is InChI=1S/C16H12F2N4O2.C15H10F2N4O2.C14H9ClF2N4.Li.2H2O/c1-24-16(23)13-4-8(7-19-21-13)15-20-12-5-10(17)11(18)6-14(12)22(15)9-2-3-9;16-9-4-11-13(5-10(9)17)21(8-1-2-8)14(19-11)7-3-12(15(22)23)20-18-6-7;15-13-3-7(6-18-20-13)14-19-11-4-9(16)10(17)5-12(11)21(14)8-1-2-8;;;/h4-7,9H,2-3H2,1H3;3-6,8H,1-2H2,(H,22,23);3-6,8H,1-2H2;;2*1H2/q;;;+1;;/p-1. The van der Waals surface area contributed by atoms with Gasteiger partial charge in [0.25, 0.3) is 0 Å². The Labute approximate surface area is 412 Å². The van der Waals surface area contributed by atoms with E-state index in [2.05, 4.69) is 50.3 Å². The van der Waals surface area contributed by atoms with Crippen molar-refractivity contribution in [3.05, 3.63) is 125 Å². The first-order valence-electron chi connectivity index (χ1n) is 20.8. The van der Waals surface area contributed by atoms with Crippen molar-refractivity contribution >= 4 is 56.6 Å². The molecule has 3 aliphatic carbocycles. The van der Waals surface area contributed by atoms with Crippen LogP contribution in [0.25, 0.3) is 67.3 Å². The number of benzene rings is 3. The molecule has 3 fully saturated rings. The molecule has 26 heteroatoms. The molecule has 6 aromatic heterocycles. The van der Waals surface area contributed by atoms with Crippen LogP contribution in [0.5, 0.6) is 0 Å². The van der Waals surface area contributed by atoms with E-state index in [0.29, 0.717) is 67.3 Å². The number of carbonyl (C=O) groups excluding carboxylic acids is 1. The number of hydrogen-bond donors (Lipinski definition) is 1. The summed E-state index contributed by atoms with van der Waals surface area (Å²) in [6.45, 7) is 0. The summed E-state index contributed by atoms with van der Waals surface area (Å²) in [7, 11) is 1.25. The first kappa shape index (κ1) is 51.5. The fourth-order valence-electron chi connectivity index (χ4n) is 7.74. The quantitative estimate of drug-likeness (QED) is 0.113. The molecule has 0 saturated heterocycles. The van der Waals surface area contributed by atoms with Crippen LogP contribution in [0.3, 0.4) is 0 Å². The van der Waals surface area contributed by atoms with Gasteiger partial charge in [0.2, 0.25) is 0 Å². The van der Waals surface area contributed by atoms with Crippen LogP contribution in [0.15, 0.2) is 73.2 Å². The van der Waals surface area contributed by atoms with Gasteiger partial charge in [0, 0.05) is 71.2 Å². The van der Waals surface area contributed by atoms with E-state index in [1.807, 2.05) is 9.13 Å². The zero-order chi connectivity index (χ0) is 47.5. The minimum atomic E-state index is -1.20. The fourth-order valence-corrected chi connectivity index (χ4v) is 7.90. The van der Waals surface area contributed by atoms with Crippen LogP contribution in [-0.4, -0.2) is 94.4 Å². The van der Waals surface area contributed by atoms with Crippen LogP contribution >= 0.6 is 11.6 Å². The van der Waals surface area contributed by atoms with Gasteiger partial charge in [-0.05, 0) is 56.7 Å². The number of imidazole rings is 3. The van der Waals surface area contributed by atoms with Crippen molar-refractivity contribution in [1.29, 1.82) is 0 Å². The molecule has 3 aromatic carbocycles. The second-order valence-corrected chi connectivity index (χ2v) is 16.5. The smallest absolute Gasteiger partial charge is 0.870 e. The molecule has 0 spiro atoms. The van der Waals surface area contributed by atoms with E-state index in [1.165, 1.54) is 37.7 Å². The first-order chi connectivity index (χ1) is 32.8. The topological polar surface area (TPSA) is 256 Å². The molecule has 6 heterocycles. The largest absolute Gasteiger partial charge is 1.00 e. The molecule has 12 rings (SSSR count). The average molecular weight is 995 g/mol. The molecule has 71 heavy (non-hydrogen) atoms. The van der Waals surface area contributed by atoms with Gasteiger partial charge in [0.1, 0.15) is 17.5 Å². The van der Waals surface area contributed by atoms with Crippen LogP contribution in [-0.2, 0) is 4.74 Å². The van der Waals surface area contributed by atoms with Crippen molar-refractivity contribution in [2.45, 2.75) is 56.7 Å². The molecule has 0 atom stereocenters. The van der Waals surface area contributed by atoms with Gasteiger partial charge in [-0.25, -0.2) is 50.9 Å². The predicted octanol–water partition coefficient (Wildman–Crippen LogP) is 5.46. The third kappa shape index (κ3) is 10.3. The molecule has 0 amide bonds. The third-order valence-electron chi connectivity index (χ3n) is 11.3. The monoisotopic (exact) mass is 994 g/mol. The van der Waals surface area contributed by atoms with Crippen molar-refractivity contribution in [3.63, 3.8) is 0 Å². The van der Waals surface area contributed by atoms with Gasteiger partial charge >= 0.3 is 30.8 Å². The zero-order valence-electron chi connectivity index (χ0n) is 37.0. The van der Waals surface area contributed by atoms with Crippen LogP contribution in [0.1, 0.15) is 77.6 Å². The van der Waals surface area contributed by atoms with Gasteiger partial charge in [-0.15, -0.1) is 15.3 Å². The number of ether oxygens (including phenoxy) is 1. The summed E-state index contributed by atoms with van der Waals surface area (Å²) in [5, 5.41) is 31.5. The molecular weight excluding hydrogens is 961 g/mol. The number of carbonyl (C=O) groups is 2. The number of rotatable bonds is 8. The molecule has 0 bridgehead atoms. The molecular formula is C45H34ClF6LiN12O6. The molecule has 18 nitrogen and oxygen atoms in total. The zero-order valence-corrected chi connectivity index (χ0v) is 37.8. The second kappa shape index (κ2) is 20.5.